The SMILES string of the molecule is CON=C(C(=N)OC)c1ccccc1C(C)=NOc1cccc(C(F)(F)F)c1. The molecule has 28 heavy (non-hydrogen) atoms. The van der Waals surface area contributed by atoms with Crippen molar-refractivity contribution in [3.05, 3.63) is 65.2 Å². The van der Waals surface area contributed by atoms with Gasteiger partial charge in [-0.1, -0.05) is 40.6 Å². The molecule has 6 nitrogen and oxygen atoms in total. The monoisotopic (exact) mass is 393 g/mol. The lowest BCUT2D eigenvalue weighted by molar-refractivity contribution is -0.137. The molecular weight excluding hydrogens is 375 g/mol. The standard InChI is InChI=1S/C19H18F3N3O3/c1-12(24-28-14-8-6-7-13(11-14)19(20,21)22)15-9-4-5-10-16(15)17(25-27-3)18(23)26-2/h4-11,23H,1-3H3. The average Bonchev–Trinajstić information content (AvgIpc) is 2.69. The number of benzene rings is 2. The first-order valence-corrected chi connectivity index (χ1v) is 8.00. The van der Waals surface area contributed by atoms with Crippen LogP contribution in [0, 0.1) is 5.41 Å². The van der Waals surface area contributed by atoms with E-state index in [-0.39, 0.29) is 17.4 Å². The fraction of sp³-hybridized carbons (Fsp3) is 0.211. The highest BCUT2D eigenvalue weighted by molar-refractivity contribution is 6.45. The molecule has 0 bridgehead atoms. The van der Waals surface area contributed by atoms with E-state index in [0.29, 0.717) is 16.8 Å². The summed E-state index contributed by atoms with van der Waals surface area (Å²) in [7, 11) is 2.66. The first-order valence-electron chi connectivity index (χ1n) is 8.00. The molecular formula is C19H18F3N3O3. The summed E-state index contributed by atoms with van der Waals surface area (Å²) in [6.07, 6.45) is -4.48. The smallest absolute Gasteiger partial charge is 0.416 e. The second kappa shape index (κ2) is 9.03. The number of nitrogens with zero attached hydrogens (tertiary/aromatic N) is 2. The number of alkyl halides is 3. The number of hydrogen-bond donors (Lipinski definition) is 1. The van der Waals surface area contributed by atoms with E-state index < -0.39 is 11.7 Å². The van der Waals surface area contributed by atoms with Crippen molar-refractivity contribution in [3.8, 4) is 5.75 Å². The fourth-order valence-electron chi connectivity index (χ4n) is 2.31. The number of hydrogen-bond acceptors (Lipinski definition) is 6. The van der Waals surface area contributed by atoms with Gasteiger partial charge in [-0.2, -0.15) is 13.2 Å². The molecule has 0 radical (unpaired) electrons. The van der Waals surface area contributed by atoms with Crippen LogP contribution in [0.15, 0.2) is 58.8 Å². The summed E-state index contributed by atoms with van der Waals surface area (Å²) >= 11 is 0. The summed E-state index contributed by atoms with van der Waals surface area (Å²) in [5.41, 5.74) is 0.702. The van der Waals surface area contributed by atoms with Gasteiger partial charge in [-0.25, -0.2) is 0 Å². The number of ether oxygens (including phenoxy) is 1. The van der Waals surface area contributed by atoms with E-state index in [4.69, 9.17) is 19.8 Å². The summed E-state index contributed by atoms with van der Waals surface area (Å²) in [5.74, 6) is -0.275. The Balaban J connectivity index is 2.36. The van der Waals surface area contributed by atoms with Crippen LogP contribution in [0.4, 0.5) is 13.2 Å². The number of methoxy groups -OCH3 is 1. The van der Waals surface area contributed by atoms with Crippen LogP contribution in [0.2, 0.25) is 0 Å². The molecule has 0 heterocycles. The van der Waals surface area contributed by atoms with Crippen LogP contribution in [0.3, 0.4) is 0 Å². The lowest BCUT2D eigenvalue weighted by atomic mass is 10.00. The Labute approximate surface area is 159 Å². The Kier molecular flexibility index (Phi) is 6.75. The molecule has 0 fully saturated rings. The zero-order valence-electron chi connectivity index (χ0n) is 15.4. The van der Waals surface area contributed by atoms with E-state index in [1.165, 1.54) is 26.4 Å². The first-order chi connectivity index (χ1) is 13.3. The second-order valence-corrected chi connectivity index (χ2v) is 5.49. The van der Waals surface area contributed by atoms with Crippen molar-refractivity contribution in [2.75, 3.05) is 14.2 Å². The van der Waals surface area contributed by atoms with Crippen LogP contribution in [-0.2, 0) is 15.8 Å². The zero-order chi connectivity index (χ0) is 20.7. The molecule has 148 valence electrons. The third-order valence-electron chi connectivity index (χ3n) is 3.62. The Morgan fingerprint density at radius 1 is 0.964 bits per heavy atom. The van der Waals surface area contributed by atoms with E-state index in [2.05, 4.69) is 10.3 Å². The van der Waals surface area contributed by atoms with Gasteiger partial charge in [0.2, 0.25) is 5.90 Å². The van der Waals surface area contributed by atoms with Crippen molar-refractivity contribution in [3.63, 3.8) is 0 Å². The van der Waals surface area contributed by atoms with E-state index in [1.54, 1.807) is 31.2 Å². The zero-order valence-corrected chi connectivity index (χ0v) is 15.4. The molecule has 0 atom stereocenters. The third-order valence-corrected chi connectivity index (χ3v) is 3.62. The molecule has 1 N–H and O–H groups in total. The van der Waals surface area contributed by atoms with Gasteiger partial charge in [0.25, 0.3) is 0 Å². The lowest BCUT2D eigenvalue weighted by Crippen LogP contribution is -2.20. The largest absolute Gasteiger partial charge is 0.480 e. The van der Waals surface area contributed by atoms with Crippen molar-refractivity contribution in [1.82, 2.24) is 0 Å². The minimum atomic E-state index is -4.48. The predicted molar refractivity (Wildman–Crippen MR) is 99.0 cm³/mol. The Morgan fingerprint density at radius 2 is 1.64 bits per heavy atom. The predicted octanol–water partition coefficient (Wildman–Crippen LogP) is 4.48. The normalized spacial score (nSPS) is 12.5. The van der Waals surface area contributed by atoms with Gasteiger partial charge >= 0.3 is 6.18 Å². The van der Waals surface area contributed by atoms with E-state index in [1.807, 2.05) is 0 Å². The van der Waals surface area contributed by atoms with Crippen molar-refractivity contribution in [2.24, 2.45) is 10.3 Å². The minimum Gasteiger partial charge on any atom is -0.480 e. The van der Waals surface area contributed by atoms with Gasteiger partial charge in [0, 0.05) is 11.1 Å². The molecule has 0 aliphatic rings. The quantitative estimate of drug-likeness (QED) is 0.447. The van der Waals surface area contributed by atoms with Crippen molar-refractivity contribution in [1.29, 1.82) is 5.41 Å². The van der Waals surface area contributed by atoms with Crippen molar-refractivity contribution in [2.45, 2.75) is 13.1 Å². The topological polar surface area (TPSA) is 76.3 Å². The van der Waals surface area contributed by atoms with E-state index in [0.717, 1.165) is 12.1 Å². The van der Waals surface area contributed by atoms with Gasteiger partial charge < -0.3 is 14.4 Å². The van der Waals surface area contributed by atoms with Crippen molar-refractivity contribution >= 4 is 17.3 Å². The highest BCUT2D eigenvalue weighted by Crippen LogP contribution is 2.31. The van der Waals surface area contributed by atoms with Crippen molar-refractivity contribution < 1.29 is 27.6 Å². The highest BCUT2D eigenvalue weighted by atomic mass is 19.4. The van der Waals surface area contributed by atoms with Gasteiger partial charge in [0.15, 0.2) is 11.5 Å². The molecule has 0 aromatic heterocycles. The molecule has 2 aromatic carbocycles. The van der Waals surface area contributed by atoms with Gasteiger partial charge in [0.05, 0.1) is 18.4 Å². The maximum Gasteiger partial charge on any atom is 0.416 e. The first kappa shape index (κ1) is 20.9. The van der Waals surface area contributed by atoms with Gasteiger partial charge in [-0.05, 0) is 25.1 Å². The molecule has 0 spiro atoms. The molecule has 2 aromatic rings. The maximum atomic E-state index is 12.8. The van der Waals surface area contributed by atoms with Gasteiger partial charge in [-0.15, -0.1) is 0 Å². The molecule has 0 amide bonds. The summed E-state index contributed by atoms with van der Waals surface area (Å²) in [6, 6.07) is 11.3. The highest BCUT2D eigenvalue weighted by Gasteiger charge is 2.30. The molecule has 2 rings (SSSR count). The molecule has 0 unspecified atom stereocenters. The van der Waals surface area contributed by atoms with Crippen LogP contribution in [-0.4, -0.2) is 31.5 Å². The van der Waals surface area contributed by atoms with Gasteiger partial charge in [-0.3, -0.25) is 5.41 Å². The Bertz CT molecular complexity index is 909. The van der Waals surface area contributed by atoms with Crippen LogP contribution in [0.5, 0.6) is 5.75 Å². The molecule has 0 aliphatic heterocycles. The van der Waals surface area contributed by atoms with Crippen LogP contribution >= 0.6 is 0 Å². The minimum absolute atomic E-state index is 0.0536. The lowest BCUT2D eigenvalue weighted by Gasteiger charge is -2.11. The van der Waals surface area contributed by atoms with Crippen LogP contribution in [0.25, 0.3) is 0 Å². The molecule has 0 aliphatic carbocycles. The molecule has 0 saturated heterocycles. The van der Waals surface area contributed by atoms with Crippen LogP contribution < -0.4 is 4.84 Å². The summed E-state index contributed by atoms with van der Waals surface area (Å²) < 4.78 is 43.3. The van der Waals surface area contributed by atoms with Crippen LogP contribution in [0.1, 0.15) is 23.6 Å². The van der Waals surface area contributed by atoms with Gasteiger partial charge in [0.1, 0.15) is 7.11 Å². The second-order valence-electron chi connectivity index (χ2n) is 5.49. The molecule has 0 saturated carbocycles. The Morgan fingerprint density at radius 3 is 2.25 bits per heavy atom. The fourth-order valence-corrected chi connectivity index (χ4v) is 2.31. The number of oxime groups is 2. The third kappa shape index (κ3) is 5.09. The summed E-state index contributed by atoms with van der Waals surface area (Å²) in [5, 5.41) is 15.6. The maximum absolute atomic E-state index is 12.8. The van der Waals surface area contributed by atoms with E-state index >= 15 is 0 Å². The molecule has 9 heteroatoms. The number of nitrogens with one attached hydrogen (secondary N) is 1. The Hall–Kier alpha value is -3.36. The number of rotatable bonds is 6. The number of halogens is 3. The summed E-state index contributed by atoms with van der Waals surface area (Å²) in [4.78, 5) is 9.95. The average molecular weight is 393 g/mol. The van der Waals surface area contributed by atoms with E-state index in [9.17, 15) is 13.2 Å². The summed E-state index contributed by atoms with van der Waals surface area (Å²) in [6.45, 7) is 1.62.